The van der Waals surface area contributed by atoms with Gasteiger partial charge in [-0.1, -0.05) is 0 Å². The fraction of sp³-hybridized carbons (Fsp3) is 0.167. The van der Waals surface area contributed by atoms with Gasteiger partial charge in [0.1, 0.15) is 11.5 Å². The Hall–Kier alpha value is -3.13. The van der Waals surface area contributed by atoms with Crippen LogP contribution in [-0.2, 0) is 0 Å². The third kappa shape index (κ3) is 2.74. The molecule has 0 saturated heterocycles. The molecule has 0 radical (unpaired) electrons. The molecule has 0 aliphatic rings. The lowest BCUT2D eigenvalue weighted by molar-refractivity contribution is 1.05. The highest BCUT2D eigenvalue weighted by Gasteiger charge is 2.16. The minimum atomic E-state index is -0.131. The van der Waals surface area contributed by atoms with Crippen LogP contribution in [-0.4, -0.2) is 34.0 Å². The summed E-state index contributed by atoms with van der Waals surface area (Å²) < 4.78 is 0. The molecule has 0 amide bonds. The number of hydrogen-bond acceptors (Lipinski definition) is 6. The third-order valence-corrected chi connectivity index (χ3v) is 5.15. The molecule has 0 saturated carbocycles. The van der Waals surface area contributed by atoms with Crippen LogP contribution in [0.25, 0.3) is 21.5 Å². The number of fused-ring (bicyclic) bond motifs is 1. The van der Waals surface area contributed by atoms with E-state index < -0.39 is 0 Å². The Balaban J connectivity index is 1.87. The first kappa shape index (κ1) is 16.3. The lowest BCUT2D eigenvalue weighted by atomic mass is 10.1. The Kier molecular flexibility index (Phi) is 3.96. The molecule has 0 aromatic carbocycles. The predicted octanol–water partition coefficient (Wildman–Crippen LogP) is 3.49. The Bertz CT molecular complexity index is 1140. The van der Waals surface area contributed by atoms with Crippen molar-refractivity contribution in [2.24, 2.45) is 0 Å². The first-order valence-corrected chi connectivity index (χ1v) is 8.97. The number of pyridine rings is 2. The van der Waals surface area contributed by atoms with E-state index in [9.17, 15) is 4.79 Å². The van der Waals surface area contributed by atoms with Gasteiger partial charge in [-0.3, -0.25) is 4.79 Å². The maximum atomic E-state index is 12.6. The van der Waals surface area contributed by atoms with E-state index in [2.05, 4.69) is 25.3 Å². The number of thiazole rings is 1. The van der Waals surface area contributed by atoms with E-state index in [1.165, 1.54) is 11.3 Å². The lowest BCUT2D eigenvalue weighted by Gasteiger charge is -2.19. The summed E-state index contributed by atoms with van der Waals surface area (Å²) in [6, 6.07) is 5.77. The molecule has 4 aromatic rings. The van der Waals surface area contributed by atoms with Crippen molar-refractivity contribution < 1.29 is 0 Å². The maximum absolute atomic E-state index is 12.6. The van der Waals surface area contributed by atoms with Crippen LogP contribution < -0.4 is 15.8 Å². The smallest absolute Gasteiger partial charge is 0.258 e. The number of nitrogens with one attached hydrogen (secondary N) is 3. The molecule has 8 heteroatoms. The molecule has 0 fully saturated rings. The number of hydrogen-bond donors (Lipinski definition) is 3. The van der Waals surface area contributed by atoms with E-state index in [0.29, 0.717) is 11.4 Å². The molecule has 4 heterocycles. The van der Waals surface area contributed by atoms with Crippen molar-refractivity contribution in [2.75, 3.05) is 24.3 Å². The van der Waals surface area contributed by atoms with Crippen molar-refractivity contribution in [1.29, 1.82) is 0 Å². The van der Waals surface area contributed by atoms with Gasteiger partial charge < -0.3 is 20.2 Å². The minimum Gasteiger partial charge on any atom is -0.362 e. The first-order valence-electron chi connectivity index (χ1n) is 8.09. The van der Waals surface area contributed by atoms with Crippen molar-refractivity contribution >= 4 is 39.6 Å². The standard InChI is InChI=1S/C18H18N6OS/c1-10-15(26-9-21-10)12-8-14(17(24(2)3)23-18(12)25)22-13-5-7-20-16-11(13)4-6-19-16/h4-9H,1-3H3,(H,23,25)(H2,19,20,22). The Morgan fingerprint density at radius 1 is 1.19 bits per heavy atom. The number of nitrogens with zero attached hydrogens (tertiary/aromatic N) is 3. The quantitative estimate of drug-likeness (QED) is 0.514. The van der Waals surface area contributed by atoms with Gasteiger partial charge in [-0.05, 0) is 25.1 Å². The molecule has 3 N–H and O–H groups in total. The van der Waals surface area contributed by atoms with Crippen molar-refractivity contribution in [1.82, 2.24) is 19.9 Å². The summed E-state index contributed by atoms with van der Waals surface area (Å²) >= 11 is 1.46. The van der Waals surface area contributed by atoms with Gasteiger partial charge in [0.25, 0.3) is 5.56 Å². The second-order valence-electron chi connectivity index (χ2n) is 6.16. The summed E-state index contributed by atoms with van der Waals surface area (Å²) in [5, 5.41) is 4.43. The van der Waals surface area contributed by atoms with Crippen molar-refractivity contribution in [2.45, 2.75) is 6.92 Å². The summed E-state index contributed by atoms with van der Waals surface area (Å²) in [6.45, 7) is 1.91. The molecule has 7 nitrogen and oxygen atoms in total. The van der Waals surface area contributed by atoms with Crippen LogP contribution >= 0.6 is 11.3 Å². The lowest BCUT2D eigenvalue weighted by Crippen LogP contribution is -2.19. The highest BCUT2D eigenvalue weighted by molar-refractivity contribution is 7.13. The molecule has 0 atom stereocenters. The fourth-order valence-electron chi connectivity index (χ4n) is 2.91. The SMILES string of the molecule is Cc1ncsc1-c1cc(Nc2ccnc3[nH]ccc23)c(N(C)C)[nH]c1=O. The van der Waals surface area contributed by atoms with Crippen LogP contribution in [0.4, 0.5) is 17.2 Å². The van der Waals surface area contributed by atoms with E-state index in [0.717, 1.165) is 33.0 Å². The number of aryl methyl sites for hydroxylation is 1. The summed E-state index contributed by atoms with van der Waals surface area (Å²) in [6.07, 6.45) is 3.60. The Labute approximate surface area is 153 Å². The van der Waals surface area contributed by atoms with Crippen LogP contribution in [0.15, 0.2) is 40.9 Å². The summed E-state index contributed by atoms with van der Waals surface area (Å²) in [5.41, 5.74) is 5.61. The number of rotatable bonds is 4. The van der Waals surface area contributed by atoms with E-state index in [-0.39, 0.29) is 5.56 Å². The van der Waals surface area contributed by atoms with Crippen molar-refractivity contribution in [3.8, 4) is 10.4 Å². The zero-order valence-electron chi connectivity index (χ0n) is 14.6. The highest BCUT2D eigenvalue weighted by Crippen LogP contribution is 2.33. The van der Waals surface area contributed by atoms with E-state index in [1.807, 2.05) is 50.3 Å². The first-order chi connectivity index (χ1) is 12.5. The van der Waals surface area contributed by atoms with Crippen LogP contribution in [0, 0.1) is 6.92 Å². The minimum absolute atomic E-state index is 0.131. The summed E-state index contributed by atoms with van der Waals surface area (Å²) in [7, 11) is 3.79. The van der Waals surface area contributed by atoms with Gasteiger partial charge in [-0.25, -0.2) is 9.97 Å². The number of aromatic amines is 2. The monoisotopic (exact) mass is 366 g/mol. The second-order valence-corrected chi connectivity index (χ2v) is 7.01. The second kappa shape index (κ2) is 6.30. The average Bonchev–Trinajstić information content (AvgIpc) is 3.25. The van der Waals surface area contributed by atoms with Crippen LogP contribution in [0.3, 0.4) is 0 Å². The van der Waals surface area contributed by atoms with Gasteiger partial charge >= 0.3 is 0 Å². The normalized spacial score (nSPS) is 11.0. The molecule has 0 spiro atoms. The number of H-pyrrole nitrogens is 2. The zero-order chi connectivity index (χ0) is 18.3. The van der Waals surface area contributed by atoms with Gasteiger partial charge in [-0.15, -0.1) is 11.3 Å². The van der Waals surface area contributed by atoms with E-state index >= 15 is 0 Å². The van der Waals surface area contributed by atoms with Crippen LogP contribution in [0.1, 0.15) is 5.69 Å². The maximum Gasteiger partial charge on any atom is 0.258 e. The molecule has 0 aliphatic heterocycles. The number of aromatic nitrogens is 4. The molecule has 0 bridgehead atoms. The van der Waals surface area contributed by atoms with Gasteiger partial charge in [0.2, 0.25) is 0 Å². The highest BCUT2D eigenvalue weighted by atomic mass is 32.1. The molecule has 0 unspecified atom stereocenters. The molecule has 26 heavy (non-hydrogen) atoms. The molecule has 0 aliphatic carbocycles. The van der Waals surface area contributed by atoms with Crippen LogP contribution in [0.5, 0.6) is 0 Å². The fourth-order valence-corrected chi connectivity index (χ4v) is 3.73. The van der Waals surface area contributed by atoms with E-state index in [4.69, 9.17) is 0 Å². The average molecular weight is 366 g/mol. The van der Waals surface area contributed by atoms with E-state index in [1.54, 1.807) is 11.7 Å². The molecule has 132 valence electrons. The topological polar surface area (TPSA) is 89.7 Å². The Morgan fingerprint density at radius 2 is 2.04 bits per heavy atom. The predicted molar refractivity (Wildman–Crippen MR) is 107 cm³/mol. The van der Waals surface area contributed by atoms with Crippen LogP contribution in [0.2, 0.25) is 0 Å². The molecular weight excluding hydrogens is 348 g/mol. The van der Waals surface area contributed by atoms with Crippen molar-refractivity contribution in [3.05, 3.63) is 52.2 Å². The van der Waals surface area contributed by atoms with Gasteiger partial charge in [0.05, 0.1) is 33.0 Å². The largest absolute Gasteiger partial charge is 0.362 e. The van der Waals surface area contributed by atoms with Gasteiger partial charge in [0, 0.05) is 31.9 Å². The summed E-state index contributed by atoms with van der Waals surface area (Å²) in [5.74, 6) is 0.710. The molecule has 4 aromatic heterocycles. The summed E-state index contributed by atoms with van der Waals surface area (Å²) in [4.78, 5) is 30.0. The molecular formula is C18H18N6OS. The number of anilines is 3. The van der Waals surface area contributed by atoms with Crippen molar-refractivity contribution in [3.63, 3.8) is 0 Å². The zero-order valence-corrected chi connectivity index (χ0v) is 15.4. The van der Waals surface area contributed by atoms with Gasteiger partial charge in [0.15, 0.2) is 0 Å². The van der Waals surface area contributed by atoms with Gasteiger partial charge in [-0.2, -0.15) is 0 Å². The Morgan fingerprint density at radius 3 is 2.77 bits per heavy atom. The molecule has 4 rings (SSSR count). The third-order valence-electron chi connectivity index (χ3n) is 4.19.